The summed E-state index contributed by atoms with van der Waals surface area (Å²) in [6, 6.07) is 24.6. The Balaban J connectivity index is 0.800. The first-order valence-electron chi connectivity index (χ1n) is 24.3. The van der Waals surface area contributed by atoms with E-state index in [9.17, 15) is 24.0 Å². The standard InChI is InChI=1S/C52H63N9O7/c1-52(22-20-39(21-23-52)47(62)54-34-41-14-8-24-60(41)48(63)44(37-10-4-2-5-11-37)56-50(65)58-26-30-67-31-27-58)40-18-16-36(17-19-40)42-35-53-46(55-42)43-15-9-25-61(43)49(64)45(38-12-6-3-7-13-38)57-51(66)59-28-32-68-33-29-59/h2-7,10-13,16-20,35,41,43-45H,8-9,14-15,21-34H2,1H3,(H,53,55)(H,54,62)(H,56,65)(H,57,66)/t41-,43-,44+,45+,52?/m0/s1. The molecule has 5 atom stereocenters. The highest BCUT2D eigenvalue weighted by molar-refractivity contribution is 5.94. The van der Waals surface area contributed by atoms with Crippen molar-refractivity contribution in [1.29, 1.82) is 0 Å². The molecule has 4 aromatic rings. The second-order valence-electron chi connectivity index (χ2n) is 18.8. The zero-order chi connectivity index (χ0) is 47.0. The summed E-state index contributed by atoms with van der Waals surface area (Å²) in [5, 5.41) is 9.17. The van der Waals surface area contributed by atoms with E-state index in [2.05, 4.69) is 58.2 Å². The van der Waals surface area contributed by atoms with Gasteiger partial charge >= 0.3 is 12.1 Å². The summed E-state index contributed by atoms with van der Waals surface area (Å²) in [5.74, 6) is 0.278. The maximum absolute atomic E-state index is 14.3. The van der Waals surface area contributed by atoms with Gasteiger partial charge in [-0.3, -0.25) is 14.4 Å². The lowest BCUT2D eigenvalue weighted by atomic mass is 9.71. The van der Waals surface area contributed by atoms with E-state index in [-0.39, 0.29) is 47.3 Å². The van der Waals surface area contributed by atoms with Crippen LogP contribution in [0.25, 0.3) is 11.3 Å². The topological polar surface area (TPSA) is 182 Å². The largest absolute Gasteiger partial charge is 0.378 e. The Morgan fingerprint density at radius 3 is 1.85 bits per heavy atom. The third-order valence-electron chi connectivity index (χ3n) is 14.4. The number of ether oxygens (including phenoxy) is 2. The number of benzene rings is 3. The monoisotopic (exact) mass is 925 g/mol. The molecule has 0 saturated carbocycles. The number of amides is 7. The number of carbonyl (C=O) groups is 5. The zero-order valence-corrected chi connectivity index (χ0v) is 38.9. The van der Waals surface area contributed by atoms with Crippen molar-refractivity contribution in [3.05, 3.63) is 125 Å². The molecule has 5 aliphatic rings. The zero-order valence-electron chi connectivity index (χ0n) is 38.9. The van der Waals surface area contributed by atoms with Crippen molar-refractivity contribution in [3.8, 4) is 11.3 Å². The van der Waals surface area contributed by atoms with Crippen molar-refractivity contribution >= 4 is 29.8 Å². The minimum atomic E-state index is -0.838. The Hall–Kier alpha value is -6.52. The number of likely N-dealkylation sites (tertiary alicyclic amines) is 2. The van der Waals surface area contributed by atoms with Crippen LogP contribution in [0.5, 0.6) is 0 Å². The minimum absolute atomic E-state index is 0.104. The van der Waals surface area contributed by atoms with E-state index in [0.717, 1.165) is 60.1 Å². The number of imidazole rings is 1. The number of allylic oxidation sites excluding steroid dienone is 1. The molecule has 1 aliphatic carbocycles. The van der Waals surface area contributed by atoms with Crippen LogP contribution in [0.1, 0.15) is 92.5 Å². The van der Waals surface area contributed by atoms with Gasteiger partial charge in [-0.2, -0.15) is 0 Å². The highest BCUT2D eigenvalue weighted by Gasteiger charge is 2.39. The number of hydrogen-bond acceptors (Lipinski definition) is 8. The van der Waals surface area contributed by atoms with Gasteiger partial charge in [-0.1, -0.05) is 97.9 Å². The van der Waals surface area contributed by atoms with Crippen molar-refractivity contribution in [3.63, 3.8) is 0 Å². The predicted molar refractivity (Wildman–Crippen MR) is 255 cm³/mol. The molecule has 0 radical (unpaired) electrons. The number of hydrogen-bond donors (Lipinski definition) is 4. The third-order valence-corrected chi connectivity index (χ3v) is 14.4. The molecule has 9 rings (SSSR count). The van der Waals surface area contributed by atoms with Crippen LogP contribution in [0.15, 0.2) is 103 Å². The molecule has 3 aromatic carbocycles. The van der Waals surface area contributed by atoms with Gasteiger partial charge in [0.25, 0.3) is 0 Å². The molecule has 1 unspecified atom stereocenters. The van der Waals surface area contributed by atoms with Crippen LogP contribution in [-0.4, -0.2) is 138 Å². The number of urea groups is 2. The van der Waals surface area contributed by atoms with Gasteiger partial charge in [0.15, 0.2) is 0 Å². The second-order valence-corrected chi connectivity index (χ2v) is 18.8. The summed E-state index contributed by atoms with van der Waals surface area (Å²) < 4.78 is 10.8. The minimum Gasteiger partial charge on any atom is -0.378 e. The number of aromatic amines is 1. The molecule has 68 heavy (non-hydrogen) atoms. The van der Waals surface area contributed by atoms with E-state index in [4.69, 9.17) is 14.5 Å². The molecule has 0 bridgehead atoms. The molecule has 16 nitrogen and oxygen atoms in total. The normalized spacial score (nSPS) is 22.8. The Morgan fingerprint density at radius 1 is 0.721 bits per heavy atom. The second kappa shape index (κ2) is 21.2. The molecular weight excluding hydrogens is 863 g/mol. The van der Waals surface area contributed by atoms with Gasteiger partial charge in [-0.05, 0) is 72.6 Å². The summed E-state index contributed by atoms with van der Waals surface area (Å²) >= 11 is 0. The molecule has 5 heterocycles. The SMILES string of the molecule is CC1(c2ccc(-c3cnc([C@@H]4CCCN4C(=O)[C@H](NC(=O)N4CCOCC4)c4ccccc4)[nH]3)cc2)CC=C(C(=O)NC[C@@H]2CCCN2C(=O)[C@H](NC(=O)N2CCOCC2)c2ccccc2)CC1. The fourth-order valence-corrected chi connectivity index (χ4v) is 10.3. The molecule has 4 fully saturated rings. The highest BCUT2D eigenvalue weighted by atomic mass is 16.5. The summed E-state index contributed by atoms with van der Waals surface area (Å²) in [4.78, 5) is 84.0. The molecule has 16 heteroatoms. The molecular formula is C52H63N9O7. The van der Waals surface area contributed by atoms with E-state index in [1.54, 1.807) is 9.80 Å². The van der Waals surface area contributed by atoms with Gasteiger partial charge in [0.2, 0.25) is 17.7 Å². The van der Waals surface area contributed by atoms with Gasteiger partial charge in [-0.25, -0.2) is 14.6 Å². The average molecular weight is 926 g/mol. The lowest BCUT2D eigenvalue weighted by Crippen LogP contribution is -2.52. The quantitative estimate of drug-likeness (QED) is 0.138. The lowest BCUT2D eigenvalue weighted by Gasteiger charge is -2.34. The fourth-order valence-electron chi connectivity index (χ4n) is 10.3. The van der Waals surface area contributed by atoms with E-state index in [0.29, 0.717) is 90.9 Å². The van der Waals surface area contributed by atoms with Gasteiger partial charge in [0, 0.05) is 57.4 Å². The van der Waals surface area contributed by atoms with Crippen LogP contribution >= 0.6 is 0 Å². The van der Waals surface area contributed by atoms with Crippen LogP contribution in [0.3, 0.4) is 0 Å². The van der Waals surface area contributed by atoms with Crippen molar-refractivity contribution < 1.29 is 33.4 Å². The Labute approximate surface area is 397 Å². The van der Waals surface area contributed by atoms with Gasteiger partial charge in [0.05, 0.1) is 44.4 Å². The van der Waals surface area contributed by atoms with Crippen LogP contribution in [0, 0.1) is 0 Å². The summed E-state index contributed by atoms with van der Waals surface area (Å²) in [7, 11) is 0. The van der Waals surface area contributed by atoms with Crippen LogP contribution < -0.4 is 16.0 Å². The van der Waals surface area contributed by atoms with Gasteiger partial charge in [-0.15, -0.1) is 0 Å². The van der Waals surface area contributed by atoms with Crippen molar-refractivity contribution in [2.24, 2.45) is 0 Å². The fraction of sp³-hybridized carbons (Fsp3) is 0.462. The first kappa shape index (κ1) is 46.6. The number of rotatable bonds is 12. The maximum Gasteiger partial charge on any atom is 0.318 e. The number of H-pyrrole nitrogens is 1. The lowest BCUT2D eigenvalue weighted by molar-refractivity contribution is -0.135. The summed E-state index contributed by atoms with van der Waals surface area (Å²) in [6.07, 6.45) is 9.19. The molecule has 0 spiro atoms. The molecule has 1 aromatic heterocycles. The predicted octanol–water partition coefficient (Wildman–Crippen LogP) is 5.78. The Bertz CT molecular complexity index is 2430. The molecule has 7 amide bonds. The van der Waals surface area contributed by atoms with Crippen molar-refractivity contribution in [2.45, 2.75) is 81.5 Å². The van der Waals surface area contributed by atoms with Crippen LogP contribution in [0.4, 0.5) is 9.59 Å². The van der Waals surface area contributed by atoms with Crippen molar-refractivity contribution in [1.82, 2.24) is 45.5 Å². The van der Waals surface area contributed by atoms with E-state index >= 15 is 0 Å². The average Bonchev–Trinajstić information content (AvgIpc) is 4.20. The van der Waals surface area contributed by atoms with E-state index in [1.807, 2.05) is 76.7 Å². The molecule has 358 valence electrons. The highest BCUT2D eigenvalue weighted by Crippen LogP contribution is 2.40. The molecule has 4 aliphatic heterocycles. The Kier molecular flexibility index (Phi) is 14.5. The Morgan fingerprint density at radius 2 is 1.28 bits per heavy atom. The number of nitrogens with one attached hydrogen (secondary N) is 4. The van der Waals surface area contributed by atoms with Gasteiger partial charge in [0.1, 0.15) is 17.9 Å². The van der Waals surface area contributed by atoms with Crippen molar-refractivity contribution in [2.75, 3.05) is 72.2 Å². The number of aromatic nitrogens is 2. The smallest absolute Gasteiger partial charge is 0.318 e. The third kappa shape index (κ3) is 10.5. The summed E-state index contributed by atoms with van der Waals surface area (Å²) in [6.45, 7) is 7.48. The number of carbonyl (C=O) groups excluding carboxylic acids is 5. The number of nitrogens with zero attached hydrogens (tertiary/aromatic N) is 5. The first-order valence-corrected chi connectivity index (χ1v) is 24.3. The van der Waals surface area contributed by atoms with E-state index < -0.39 is 12.1 Å². The maximum atomic E-state index is 14.3. The van der Waals surface area contributed by atoms with Crippen LogP contribution in [0.2, 0.25) is 0 Å². The first-order chi connectivity index (χ1) is 33.1. The summed E-state index contributed by atoms with van der Waals surface area (Å²) in [5.41, 5.74) is 5.07. The van der Waals surface area contributed by atoms with E-state index in [1.165, 1.54) is 5.56 Å². The number of morpholine rings is 2. The molecule has 4 N–H and O–H groups in total. The molecule has 4 saturated heterocycles. The van der Waals surface area contributed by atoms with Crippen LogP contribution in [-0.2, 0) is 29.3 Å². The van der Waals surface area contributed by atoms with Gasteiger partial charge < -0.3 is 50.0 Å².